The second-order valence-electron chi connectivity index (χ2n) is 3.82. The number of nitrogens with zero attached hydrogens (tertiary/aromatic N) is 1. The highest BCUT2D eigenvalue weighted by Gasteiger charge is 2.41. The smallest absolute Gasteiger partial charge is 0.263 e. The molecule has 1 saturated heterocycles. The molecule has 0 bridgehead atoms. The van der Waals surface area contributed by atoms with Gasteiger partial charge in [-0.2, -0.15) is 0 Å². The molecule has 1 aromatic rings. The molecule has 1 N–H and O–H groups in total. The number of hydrogen-bond donors (Lipinski definition) is 1. The summed E-state index contributed by atoms with van der Waals surface area (Å²) >= 11 is 0. The molecule has 6 nitrogen and oxygen atoms in total. The van der Waals surface area contributed by atoms with Crippen molar-refractivity contribution in [2.24, 2.45) is 0 Å². The zero-order valence-electron chi connectivity index (χ0n) is 8.88. The summed E-state index contributed by atoms with van der Waals surface area (Å²) < 4.78 is 0. The molecule has 1 atom stereocenters. The van der Waals surface area contributed by atoms with Gasteiger partial charge in [-0.05, 0) is 12.1 Å². The van der Waals surface area contributed by atoms with Crippen LogP contribution in [0.4, 0.5) is 0 Å². The van der Waals surface area contributed by atoms with Crippen molar-refractivity contribution in [3.63, 3.8) is 0 Å². The van der Waals surface area contributed by atoms with Crippen molar-refractivity contribution >= 4 is 11.8 Å². The van der Waals surface area contributed by atoms with Crippen molar-refractivity contribution in [1.29, 1.82) is 0 Å². The third-order valence-electron chi connectivity index (χ3n) is 2.82. The lowest BCUT2D eigenvalue weighted by Gasteiger charge is -2.28. The van der Waals surface area contributed by atoms with Gasteiger partial charge in [-0.1, -0.05) is 17.8 Å². The minimum absolute atomic E-state index is 0.320. The quantitative estimate of drug-likeness (QED) is 0.715. The van der Waals surface area contributed by atoms with Gasteiger partial charge >= 0.3 is 0 Å². The lowest BCUT2D eigenvalue weighted by Crippen LogP contribution is -2.47. The molecule has 1 aromatic carbocycles. The number of amides is 2. The van der Waals surface area contributed by atoms with Gasteiger partial charge < -0.3 is 0 Å². The van der Waals surface area contributed by atoms with Gasteiger partial charge in [-0.15, -0.1) is 0 Å². The molecule has 3 rings (SSSR count). The average molecular weight is 234 g/mol. The molecular formula is C11H10N2O4. The molecule has 0 saturated carbocycles. The Kier molecular flexibility index (Phi) is 2.40. The summed E-state index contributed by atoms with van der Waals surface area (Å²) in [7, 11) is 0. The minimum Gasteiger partial charge on any atom is -0.276 e. The summed E-state index contributed by atoms with van der Waals surface area (Å²) in [6, 6.07) is 6.75. The number of rotatable bonds is 1. The Morgan fingerprint density at radius 1 is 1.18 bits per heavy atom. The molecule has 0 spiro atoms. The fourth-order valence-corrected chi connectivity index (χ4v) is 2.00. The first-order valence-electron chi connectivity index (χ1n) is 5.28. The van der Waals surface area contributed by atoms with Crippen LogP contribution in [0.1, 0.15) is 27.1 Å². The highest BCUT2D eigenvalue weighted by Crippen LogP contribution is 2.26. The van der Waals surface area contributed by atoms with Crippen molar-refractivity contribution in [3.8, 4) is 0 Å². The van der Waals surface area contributed by atoms with Crippen LogP contribution in [0, 0.1) is 0 Å². The summed E-state index contributed by atoms with van der Waals surface area (Å²) in [5.41, 5.74) is 3.08. The van der Waals surface area contributed by atoms with Crippen molar-refractivity contribution in [3.05, 3.63) is 35.4 Å². The topological polar surface area (TPSA) is 67.9 Å². The van der Waals surface area contributed by atoms with Crippen LogP contribution >= 0.6 is 0 Å². The molecular weight excluding hydrogens is 224 g/mol. The summed E-state index contributed by atoms with van der Waals surface area (Å²) in [5, 5.41) is 0. The normalized spacial score (nSPS) is 24.0. The second kappa shape index (κ2) is 3.92. The summed E-state index contributed by atoms with van der Waals surface area (Å²) in [5.74, 6) is -0.640. The van der Waals surface area contributed by atoms with Crippen molar-refractivity contribution < 1.29 is 19.3 Å². The SMILES string of the molecule is O=C1c2ccccc2C(=O)N1C1CCONO1. The third kappa shape index (κ3) is 1.54. The fraction of sp³-hybridized carbons (Fsp3) is 0.273. The van der Waals surface area contributed by atoms with Crippen LogP contribution in [0.2, 0.25) is 0 Å². The molecule has 0 radical (unpaired) electrons. The first kappa shape index (κ1) is 10.4. The molecule has 0 aromatic heterocycles. The van der Waals surface area contributed by atoms with Crippen LogP contribution in [-0.2, 0) is 9.68 Å². The summed E-state index contributed by atoms with van der Waals surface area (Å²) in [6.45, 7) is 0.387. The van der Waals surface area contributed by atoms with Gasteiger partial charge in [0, 0.05) is 6.42 Å². The summed E-state index contributed by atoms with van der Waals surface area (Å²) in [4.78, 5) is 35.1. The largest absolute Gasteiger partial charge is 0.276 e. The molecule has 88 valence electrons. The lowest BCUT2D eigenvalue weighted by atomic mass is 10.1. The standard InChI is InChI=1S/C11H10N2O4/c14-10-7-3-1-2-4-8(7)11(15)13(10)9-5-6-16-12-17-9/h1-4,9,12H,5-6H2. The molecule has 17 heavy (non-hydrogen) atoms. The Bertz CT molecular complexity index is 447. The van der Waals surface area contributed by atoms with Crippen molar-refractivity contribution in [2.45, 2.75) is 12.6 Å². The van der Waals surface area contributed by atoms with E-state index in [1.54, 1.807) is 24.3 Å². The van der Waals surface area contributed by atoms with Crippen molar-refractivity contribution in [2.75, 3.05) is 6.61 Å². The molecule has 2 heterocycles. The van der Waals surface area contributed by atoms with Crippen LogP contribution in [0.3, 0.4) is 0 Å². The Hall–Kier alpha value is -1.76. The van der Waals surface area contributed by atoms with Gasteiger partial charge in [0.25, 0.3) is 11.8 Å². The van der Waals surface area contributed by atoms with Crippen LogP contribution in [0.5, 0.6) is 0 Å². The number of imide groups is 1. The van der Waals surface area contributed by atoms with Crippen LogP contribution in [0.15, 0.2) is 24.3 Å². The van der Waals surface area contributed by atoms with E-state index in [2.05, 4.69) is 5.64 Å². The molecule has 2 amide bonds. The van der Waals surface area contributed by atoms with Gasteiger partial charge in [0.1, 0.15) is 0 Å². The monoisotopic (exact) mass is 234 g/mol. The second-order valence-corrected chi connectivity index (χ2v) is 3.82. The van der Waals surface area contributed by atoms with Crippen LogP contribution in [-0.4, -0.2) is 29.5 Å². The predicted molar refractivity (Wildman–Crippen MR) is 55.5 cm³/mol. The van der Waals surface area contributed by atoms with E-state index >= 15 is 0 Å². The Morgan fingerprint density at radius 3 is 2.35 bits per heavy atom. The molecule has 2 aliphatic heterocycles. The zero-order valence-corrected chi connectivity index (χ0v) is 8.88. The number of benzene rings is 1. The highest BCUT2D eigenvalue weighted by molar-refractivity contribution is 6.21. The first-order valence-corrected chi connectivity index (χ1v) is 5.28. The van der Waals surface area contributed by atoms with Gasteiger partial charge in [0.2, 0.25) is 0 Å². The number of carbonyl (C=O) groups is 2. The predicted octanol–water partition coefficient (Wildman–Crippen LogP) is 0.465. The summed E-state index contributed by atoms with van der Waals surface area (Å²) in [6.07, 6.45) is -0.158. The maximum absolute atomic E-state index is 12.1. The maximum atomic E-state index is 12.1. The Balaban J connectivity index is 1.94. The van der Waals surface area contributed by atoms with E-state index in [1.807, 2.05) is 0 Å². The van der Waals surface area contributed by atoms with Crippen molar-refractivity contribution in [1.82, 2.24) is 10.5 Å². The van der Waals surface area contributed by atoms with E-state index in [1.165, 1.54) is 0 Å². The zero-order chi connectivity index (χ0) is 11.8. The van der Waals surface area contributed by atoms with E-state index in [0.717, 1.165) is 4.90 Å². The van der Waals surface area contributed by atoms with E-state index in [-0.39, 0.29) is 11.8 Å². The number of nitrogens with one attached hydrogen (secondary N) is 1. The van der Waals surface area contributed by atoms with E-state index in [4.69, 9.17) is 9.68 Å². The van der Waals surface area contributed by atoms with Crippen LogP contribution < -0.4 is 5.64 Å². The maximum Gasteiger partial charge on any atom is 0.263 e. The van der Waals surface area contributed by atoms with E-state index in [0.29, 0.717) is 24.2 Å². The Morgan fingerprint density at radius 2 is 1.82 bits per heavy atom. The number of carbonyl (C=O) groups excluding carboxylic acids is 2. The molecule has 1 unspecified atom stereocenters. The molecule has 2 aliphatic rings. The first-order chi connectivity index (χ1) is 8.29. The van der Waals surface area contributed by atoms with E-state index in [9.17, 15) is 9.59 Å². The molecule has 0 aliphatic carbocycles. The third-order valence-corrected chi connectivity index (χ3v) is 2.82. The highest BCUT2D eigenvalue weighted by atomic mass is 16.9. The van der Waals surface area contributed by atoms with Crippen LogP contribution in [0.25, 0.3) is 0 Å². The van der Waals surface area contributed by atoms with Gasteiger partial charge in [0.05, 0.1) is 17.7 Å². The van der Waals surface area contributed by atoms with Gasteiger partial charge in [-0.25, -0.2) is 4.90 Å². The number of fused-ring (bicyclic) bond motifs is 1. The fourth-order valence-electron chi connectivity index (χ4n) is 2.00. The molecule has 1 fully saturated rings. The number of hydrogen-bond acceptors (Lipinski definition) is 5. The minimum atomic E-state index is -0.615. The van der Waals surface area contributed by atoms with Gasteiger partial charge in [0.15, 0.2) is 6.23 Å². The molecule has 6 heteroatoms. The van der Waals surface area contributed by atoms with Gasteiger partial charge in [-0.3, -0.25) is 19.3 Å². The van der Waals surface area contributed by atoms with E-state index < -0.39 is 6.23 Å². The lowest BCUT2D eigenvalue weighted by molar-refractivity contribution is -0.259. The average Bonchev–Trinajstić information content (AvgIpc) is 2.64. The Labute approximate surface area is 97.0 Å².